The van der Waals surface area contributed by atoms with E-state index in [1.165, 1.54) is 44.9 Å². The molecule has 11 heavy (non-hydrogen) atoms. The summed E-state index contributed by atoms with van der Waals surface area (Å²) in [6.45, 7) is 0.854. The highest BCUT2D eigenvalue weighted by Gasteiger charge is 2.01. The number of rotatable bonds is 4. The molecule has 1 heteroatoms. The van der Waals surface area contributed by atoms with Crippen LogP contribution < -0.4 is 5.73 Å². The third-order valence-corrected chi connectivity index (χ3v) is 2.34. The first-order valence-electron chi connectivity index (χ1n) is 4.81. The van der Waals surface area contributed by atoms with Crippen molar-refractivity contribution in [1.82, 2.24) is 0 Å². The predicted octanol–water partition coefficient (Wildman–Crippen LogP) is 2.62. The molecule has 1 rings (SSSR count). The maximum Gasteiger partial charge on any atom is -0.00772 e. The summed E-state index contributed by atoms with van der Waals surface area (Å²) in [6, 6.07) is 0. The van der Waals surface area contributed by atoms with Crippen LogP contribution in [0.25, 0.3) is 0 Å². The lowest BCUT2D eigenvalue weighted by Crippen LogP contribution is -1.99. The molecule has 0 heterocycles. The van der Waals surface area contributed by atoms with Crippen molar-refractivity contribution in [2.24, 2.45) is 5.73 Å². The molecule has 0 fully saturated rings. The predicted molar refractivity (Wildman–Crippen MR) is 49.5 cm³/mol. The molecule has 0 amide bonds. The van der Waals surface area contributed by atoms with E-state index in [4.69, 9.17) is 5.73 Å². The molecule has 0 bridgehead atoms. The monoisotopic (exact) mass is 153 g/mol. The Morgan fingerprint density at radius 1 is 1.27 bits per heavy atom. The molecule has 0 aromatic heterocycles. The molecule has 0 aliphatic heterocycles. The highest BCUT2D eigenvalue weighted by atomic mass is 14.5. The minimum Gasteiger partial charge on any atom is -0.330 e. The zero-order valence-corrected chi connectivity index (χ0v) is 7.31. The van der Waals surface area contributed by atoms with Gasteiger partial charge in [0, 0.05) is 0 Å². The lowest BCUT2D eigenvalue weighted by atomic mass is 9.95. The maximum absolute atomic E-state index is 5.42. The molecular weight excluding hydrogens is 134 g/mol. The van der Waals surface area contributed by atoms with Crippen molar-refractivity contribution in [1.29, 1.82) is 0 Å². The molecule has 2 N–H and O–H groups in total. The summed E-state index contributed by atoms with van der Waals surface area (Å²) < 4.78 is 0. The van der Waals surface area contributed by atoms with Crippen LogP contribution in [0.3, 0.4) is 0 Å². The number of hydrogen-bond donors (Lipinski definition) is 1. The Bertz CT molecular complexity index is 127. The number of hydrogen-bond acceptors (Lipinski definition) is 1. The normalized spacial score (nSPS) is 18.1. The first-order valence-corrected chi connectivity index (χ1v) is 4.81. The lowest BCUT2D eigenvalue weighted by Gasteiger charge is -2.11. The average Bonchev–Trinajstić information content (AvgIpc) is 2.07. The van der Waals surface area contributed by atoms with Crippen LogP contribution in [0, 0.1) is 0 Å². The Balaban J connectivity index is 2.09. The van der Waals surface area contributed by atoms with Crippen molar-refractivity contribution < 1.29 is 0 Å². The number of allylic oxidation sites excluding steroid dienone is 2. The Morgan fingerprint density at radius 3 is 2.82 bits per heavy atom. The summed E-state index contributed by atoms with van der Waals surface area (Å²) in [5, 5.41) is 0. The van der Waals surface area contributed by atoms with Crippen molar-refractivity contribution in [3.63, 3.8) is 0 Å². The van der Waals surface area contributed by atoms with Crippen LogP contribution in [0.15, 0.2) is 11.6 Å². The smallest absolute Gasteiger partial charge is 0.00772 e. The summed E-state index contributed by atoms with van der Waals surface area (Å²) in [4.78, 5) is 0. The largest absolute Gasteiger partial charge is 0.330 e. The van der Waals surface area contributed by atoms with Gasteiger partial charge in [-0.25, -0.2) is 0 Å². The molecule has 1 aliphatic rings. The van der Waals surface area contributed by atoms with Crippen molar-refractivity contribution in [3.8, 4) is 0 Å². The van der Waals surface area contributed by atoms with Gasteiger partial charge in [0.25, 0.3) is 0 Å². The topological polar surface area (TPSA) is 26.0 Å². The molecule has 0 unspecified atom stereocenters. The number of nitrogens with two attached hydrogens (primary N) is 1. The molecule has 0 saturated heterocycles. The summed E-state index contributed by atoms with van der Waals surface area (Å²) in [7, 11) is 0. The van der Waals surface area contributed by atoms with Gasteiger partial charge in [0.15, 0.2) is 0 Å². The fourth-order valence-electron chi connectivity index (χ4n) is 1.63. The van der Waals surface area contributed by atoms with E-state index in [2.05, 4.69) is 6.08 Å². The molecule has 0 atom stereocenters. The van der Waals surface area contributed by atoms with Gasteiger partial charge in [0.2, 0.25) is 0 Å². The summed E-state index contributed by atoms with van der Waals surface area (Å²) in [6.07, 6.45) is 11.7. The quantitative estimate of drug-likeness (QED) is 0.487. The molecular formula is C10H19N. The highest BCUT2D eigenvalue weighted by Crippen LogP contribution is 2.21. The van der Waals surface area contributed by atoms with Gasteiger partial charge in [-0.1, -0.05) is 11.6 Å². The van der Waals surface area contributed by atoms with E-state index in [9.17, 15) is 0 Å². The summed E-state index contributed by atoms with van der Waals surface area (Å²) in [5.41, 5.74) is 7.11. The first kappa shape index (κ1) is 8.79. The fourth-order valence-corrected chi connectivity index (χ4v) is 1.63. The van der Waals surface area contributed by atoms with Gasteiger partial charge in [-0.15, -0.1) is 0 Å². The standard InChI is InChI=1S/C10H19N/c11-9-5-4-8-10-6-2-1-3-7-10/h6H,1-5,7-9,11H2. The SMILES string of the molecule is NCCCCC1=CCCCC1. The molecule has 0 aromatic rings. The van der Waals surface area contributed by atoms with Crippen LogP contribution in [0.4, 0.5) is 0 Å². The first-order chi connectivity index (χ1) is 5.43. The van der Waals surface area contributed by atoms with Gasteiger partial charge in [0.05, 0.1) is 0 Å². The number of unbranched alkanes of at least 4 members (excludes halogenated alkanes) is 1. The average molecular weight is 153 g/mol. The van der Waals surface area contributed by atoms with E-state index in [-0.39, 0.29) is 0 Å². The van der Waals surface area contributed by atoms with Crippen molar-refractivity contribution >= 4 is 0 Å². The van der Waals surface area contributed by atoms with Gasteiger partial charge in [0.1, 0.15) is 0 Å². The maximum atomic E-state index is 5.42. The Hall–Kier alpha value is -0.300. The molecule has 1 nitrogen and oxygen atoms in total. The molecule has 0 radical (unpaired) electrons. The van der Waals surface area contributed by atoms with Crippen LogP contribution >= 0.6 is 0 Å². The van der Waals surface area contributed by atoms with Gasteiger partial charge >= 0.3 is 0 Å². The lowest BCUT2D eigenvalue weighted by molar-refractivity contribution is 0.646. The third-order valence-electron chi connectivity index (χ3n) is 2.34. The van der Waals surface area contributed by atoms with E-state index < -0.39 is 0 Å². The van der Waals surface area contributed by atoms with Gasteiger partial charge in [-0.3, -0.25) is 0 Å². The van der Waals surface area contributed by atoms with Crippen molar-refractivity contribution in [3.05, 3.63) is 11.6 Å². The third kappa shape index (κ3) is 3.57. The van der Waals surface area contributed by atoms with Crippen LogP contribution in [0.1, 0.15) is 44.9 Å². The second-order valence-corrected chi connectivity index (χ2v) is 3.35. The van der Waals surface area contributed by atoms with Gasteiger partial charge in [-0.05, 0) is 51.5 Å². The van der Waals surface area contributed by atoms with Crippen LogP contribution in [0.2, 0.25) is 0 Å². The molecule has 0 saturated carbocycles. The van der Waals surface area contributed by atoms with Crippen LogP contribution in [-0.4, -0.2) is 6.54 Å². The molecule has 64 valence electrons. The molecule has 0 spiro atoms. The molecule has 1 aliphatic carbocycles. The second kappa shape index (κ2) is 5.36. The minimum absolute atomic E-state index is 0.854. The summed E-state index contributed by atoms with van der Waals surface area (Å²) in [5.74, 6) is 0. The van der Waals surface area contributed by atoms with Crippen LogP contribution in [0.5, 0.6) is 0 Å². The van der Waals surface area contributed by atoms with Crippen LogP contribution in [-0.2, 0) is 0 Å². The van der Waals surface area contributed by atoms with E-state index in [0.29, 0.717) is 0 Å². The summed E-state index contributed by atoms with van der Waals surface area (Å²) >= 11 is 0. The Labute approximate surface area is 69.7 Å². The fraction of sp³-hybridized carbons (Fsp3) is 0.800. The molecule has 0 aromatic carbocycles. The highest BCUT2D eigenvalue weighted by molar-refractivity contribution is 5.04. The second-order valence-electron chi connectivity index (χ2n) is 3.35. The van der Waals surface area contributed by atoms with E-state index in [1.807, 2.05) is 0 Å². The van der Waals surface area contributed by atoms with Gasteiger partial charge in [-0.2, -0.15) is 0 Å². The Kier molecular flexibility index (Phi) is 4.29. The van der Waals surface area contributed by atoms with Crippen molar-refractivity contribution in [2.45, 2.75) is 44.9 Å². The van der Waals surface area contributed by atoms with Gasteiger partial charge < -0.3 is 5.73 Å². The van der Waals surface area contributed by atoms with Crippen molar-refractivity contribution in [2.75, 3.05) is 6.54 Å². The van der Waals surface area contributed by atoms with E-state index in [0.717, 1.165) is 6.54 Å². The minimum atomic E-state index is 0.854. The van der Waals surface area contributed by atoms with E-state index >= 15 is 0 Å². The zero-order chi connectivity index (χ0) is 7.94. The zero-order valence-electron chi connectivity index (χ0n) is 7.31. The van der Waals surface area contributed by atoms with E-state index in [1.54, 1.807) is 5.57 Å². The Morgan fingerprint density at radius 2 is 2.18 bits per heavy atom.